The van der Waals surface area contributed by atoms with Crippen molar-refractivity contribution in [3.8, 4) is 0 Å². The molecule has 0 aliphatic rings. The molecular formula is C12H20N4+2. The van der Waals surface area contributed by atoms with Crippen molar-refractivity contribution in [3.63, 3.8) is 0 Å². The van der Waals surface area contributed by atoms with Gasteiger partial charge in [-0.3, -0.25) is 0 Å². The molecule has 2 aromatic rings. The minimum Gasteiger partial charge on any atom is -0.237 e. The van der Waals surface area contributed by atoms with E-state index in [1.165, 1.54) is 0 Å². The minimum absolute atomic E-state index is 1.02. The Kier molecular flexibility index (Phi) is 3.39. The first kappa shape index (κ1) is 10.9. The number of imidazole rings is 2. The van der Waals surface area contributed by atoms with Crippen LogP contribution in [0, 0.1) is 0 Å². The van der Waals surface area contributed by atoms with Crippen LogP contribution in [0.25, 0.3) is 0 Å². The zero-order chi connectivity index (χ0) is 11.4. The minimum atomic E-state index is 1.02. The molecule has 0 aliphatic heterocycles. The Bertz CT molecular complexity index is 399. The van der Waals surface area contributed by atoms with Crippen molar-refractivity contribution in [1.29, 1.82) is 0 Å². The molecule has 0 fully saturated rings. The van der Waals surface area contributed by atoms with E-state index in [1.807, 2.05) is 0 Å². The van der Waals surface area contributed by atoms with Crippen LogP contribution >= 0.6 is 0 Å². The second kappa shape index (κ2) is 4.96. The SMILES string of the molecule is CC[n+]1ccn(CCn2cc[n+](CC)c2)c1. The summed E-state index contributed by atoms with van der Waals surface area (Å²) in [6.07, 6.45) is 12.8. The number of aromatic nitrogens is 4. The van der Waals surface area contributed by atoms with Gasteiger partial charge >= 0.3 is 0 Å². The van der Waals surface area contributed by atoms with Gasteiger partial charge in [0.1, 0.15) is 37.9 Å². The standard InChI is InChI=1S/C12H20N4/c1-3-13-5-7-15(11-13)9-10-16-8-6-14(4-2)12-16/h5-8,11-12H,3-4,9-10H2,1-2H3/q+2. The molecule has 0 amide bonds. The summed E-state index contributed by atoms with van der Waals surface area (Å²) in [6, 6.07) is 0. The Morgan fingerprint density at radius 3 is 1.56 bits per heavy atom. The number of aryl methyl sites for hydroxylation is 4. The summed E-state index contributed by atoms with van der Waals surface area (Å²) in [6.45, 7) is 8.41. The molecule has 0 atom stereocenters. The molecule has 86 valence electrons. The predicted octanol–water partition coefficient (Wildman–Crippen LogP) is 0.605. The highest BCUT2D eigenvalue weighted by atomic mass is 15.1. The maximum absolute atomic E-state index is 2.22. The lowest BCUT2D eigenvalue weighted by atomic mass is 10.6. The molecule has 2 heterocycles. The molecule has 0 bridgehead atoms. The van der Waals surface area contributed by atoms with Crippen molar-refractivity contribution in [1.82, 2.24) is 9.13 Å². The van der Waals surface area contributed by atoms with Crippen LogP contribution in [0.3, 0.4) is 0 Å². The van der Waals surface area contributed by atoms with Gasteiger partial charge in [0.25, 0.3) is 0 Å². The van der Waals surface area contributed by atoms with Crippen molar-refractivity contribution in [2.75, 3.05) is 0 Å². The van der Waals surface area contributed by atoms with Gasteiger partial charge in [0, 0.05) is 0 Å². The Labute approximate surface area is 96.4 Å². The van der Waals surface area contributed by atoms with Gasteiger partial charge in [0.05, 0.1) is 13.1 Å². The van der Waals surface area contributed by atoms with E-state index in [9.17, 15) is 0 Å². The van der Waals surface area contributed by atoms with Crippen molar-refractivity contribution >= 4 is 0 Å². The van der Waals surface area contributed by atoms with E-state index >= 15 is 0 Å². The van der Waals surface area contributed by atoms with Gasteiger partial charge in [-0.1, -0.05) is 0 Å². The quantitative estimate of drug-likeness (QED) is 0.657. The van der Waals surface area contributed by atoms with E-state index in [0.29, 0.717) is 0 Å². The number of rotatable bonds is 5. The van der Waals surface area contributed by atoms with Crippen LogP contribution in [0.4, 0.5) is 0 Å². The van der Waals surface area contributed by atoms with Gasteiger partial charge in [-0.15, -0.1) is 0 Å². The molecule has 0 aromatic carbocycles. The Hall–Kier alpha value is -1.58. The number of hydrogen-bond donors (Lipinski definition) is 0. The van der Waals surface area contributed by atoms with E-state index < -0.39 is 0 Å². The fraction of sp³-hybridized carbons (Fsp3) is 0.500. The van der Waals surface area contributed by atoms with Gasteiger partial charge < -0.3 is 0 Å². The third-order valence-electron chi connectivity index (χ3n) is 2.84. The van der Waals surface area contributed by atoms with Gasteiger partial charge in [-0.2, -0.15) is 0 Å². The van der Waals surface area contributed by atoms with Crippen LogP contribution in [-0.4, -0.2) is 9.13 Å². The molecule has 0 spiro atoms. The summed E-state index contributed by atoms with van der Waals surface area (Å²) in [7, 11) is 0. The van der Waals surface area contributed by atoms with Crippen LogP contribution < -0.4 is 9.13 Å². The molecule has 0 aliphatic carbocycles. The Morgan fingerprint density at radius 2 is 1.25 bits per heavy atom. The lowest BCUT2D eigenvalue weighted by molar-refractivity contribution is -0.693. The third kappa shape index (κ3) is 2.51. The monoisotopic (exact) mass is 220 g/mol. The van der Waals surface area contributed by atoms with Gasteiger partial charge in [0.15, 0.2) is 0 Å². The molecule has 4 nitrogen and oxygen atoms in total. The molecule has 4 heteroatoms. The molecule has 2 aromatic heterocycles. The number of hydrogen-bond acceptors (Lipinski definition) is 0. The second-order valence-corrected chi connectivity index (χ2v) is 3.96. The Balaban J connectivity index is 1.91. The lowest BCUT2D eigenvalue weighted by Crippen LogP contribution is -2.29. The van der Waals surface area contributed by atoms with E-state index in [4.69, 9.17) is 0 Å². The van der Waals surface area contributed by atoms with Crippen LogP contribution in [-0.2, 0) is 26.2 Å². The zero-order valence-corrected chi connectivity index (χ0v) is 10.1. The Morgan fingerprint density at radius 1 is 0.812 bits per heavy atom. The predicted molar refractivity (Wildman–Crippen MR) is 60.6 cm³/mol. The van der Waals surface area contributed by atoms with Crippen LogP contribution in [0.2, 0.25) is 0 Å². The van der Waals surface area contributed by atoms with E-state index in [1.54, 1.807) is 0 Å². The highest BCUT2D eigenvalue weighted by Gasteiger charge is 2.05. The van der Waals surface area contributed by atoms with E-state index in [2.05, 4.69) is 69.6 Å². The van der Waals surface area contributed by atoms with E-state index in [-0.39, 0.29) is 0 Å². The zero-order valence-electron chi connectivity index (χ0n) is 10.1. The highest BCUT2D eigenvalue weighted by Crippen LogP contribution is 1.90. The molecule has 16 heavy (non-hydrogen) atoms. The molecule has 0 unspecified atom stereocenters. The fourth-order valence-corrected chi connectivity index (χ4v) is 1.75. The second-order valence-electron chi connectivity index (χ2n) is 3.96. The normalized spacial score (nSPS) is 10.9. The van der Waals surface area contributed by atoms with Crippen molar-refractivity contribution < 1.29 is 9.13 Å². The lowest BCUT2D eigenvalue weighted by Gasteiger charge is -1.93. The topological polar surface area (TPSA) is 17.6 Å². The molecule has 2 rings (SSSR count). The summed E-state index contributed by atoms with van der Waals surface area (Å²) in [5.41, 5.74) is 0. The van der Waals surface area contributed by atoms with Crippen LogP contribution in [0.15, 0.2) is 37.4 Å². The van der Waals surface area contributed by atoms with Gasteiger partial charge in [0.2, 0.25) is 12.7 Å². The molecular weight excluding hydrogens is 200 g/mol. The summed E-state index contributed by atoms with van der Waals surface area (Å²) in [5, 5.41) is 0. The molecule has 0 saturated carbocycles. The summed E-state index contributed by atoms with van der Waals surface area (Å²) < 4.78 is 8.81. The first-order valence-corrected chi connectivity index (χ1v) is 5.91. The molecule has 0 saturated heterocycles. The first-order valence-electron chi connectivity index (χ1n) is 5.91. The third-order valence-corrected chi connectivity index (χ3v) is 2.84. The van der Waals surface area contributed by atoms with Gasteiger partial charge in [-0.05, 0) is 13.8 Å². The largest absolute Gasteiger partial charge is 0.243 e. The smallest absolute Gasteiger partial charge is 0.237 e. The fourth-order valence-electron chi connectivity index (χ4n) is 1.75. The van der Waals surface area contributed by atoms with Crippen LogP contribution in [0.1, 0.15) is 13.8 Å². The molecule has 0 radical (unpaired) electrons. The van der Waals surface area contributed by atoms with Gasteiger partial charge in [-0.25, -0.2) is 18.3 Å². The average molecular weight is 220 g/mol. The summed E-state index contributed by atoms with van der Waals surface area (Å²) in [4.78, 5) is 0. The average Bonchev–Trinajstić information content (AvgIpc) is 2.95. The maximum Gasteiger partial charge on any atom is 0.243 e. The first-order chi connectivity index (χ1) is 7.81. The van der Waals surface area contributed by atoms with Crippen molar-refractivity contribution in [2.45, 2.75) is 40.0 Å². The molecule has 0 N–H and O–H groups in total. The van der Waals surface area contributed by atoms with Crippen molar-refractivity contribution in [2.24, 2.45) is 0 Å². The van der Waals surface area contributed by atoms with Crippen molar-refractivity contribution in [3.05, 3.63) is 37.4 Å². The van der Waals surface area contributed by atoms with E-state index in [0.717, 1.165) is 26.2 Å². The summed E-state index contributed by atoms with van der Waals surface area (Å²) >= 11 is 0. The van der Waals surface area contributed by atoms with Crippen LogP contribution in [0.5, 0.6) is 0 Å². The highest BCUT2D eigenvalue weighted by molar-refractivity contribution is 4.69. The summed E-state index contributed by atoms with van der Waals surface area (Å²) in [5.74, 6) is 0. The number of nitrogens with zero attached hydrogens (tertiary/aromatic N) is 4. The maximum atomic E-state index is 2.22.